The van der Waals surface area contributed by atoms with Gasteiger partial charge in [-0.2, -0.15) is 0 Å². The topological polar surface area (TPSA) is 89.9 Å². The molecule has 0 aliphatic heterocycles. The maximum Gasteiger partial charge on any atom is 0.306 e. The van der Waals surface area contributed by atoms with E-state index in [1.54, 1.807) is 6.08 Å². The van der Waals surface area contributed by atoms with Gasteiger partial charge in [-0.3, -0.25) is 14.4 Å². The molecular formula is C38H68O6. The summed E-state index contributed by atoms with van der Waals surface area (Å²) in [6, 6.07) is 0. The smallest absolute Gasteiger partial charge is 0.306 e. The van der Waals surface area contributed by atoms with Gasteiger partial charge in [0, 0.05) is 19.3 Å². The number of aliphatic hydroxyl groups is 1. The van der Waals surface area contributed by atoms with Crippen LogP contribution in [-0.4, -0.2) is 42.1 Å². The van der Waals surface area contributed by atoms with E-state index in [0.29, 0.717) is 19.3 Å². The van der Waals surface area contributed by atoms with E-state index in [2.05, 4.69) is 26.8 Å². The Bertz CT molecular complexity index is 744. The molecule has 1 unspecified atom stereocenters. The standard InChI is InChI=1S/C38H68O6/c1-4-6-22-28-35(40)29-24-19-15-11-9-13-17-21-26-31-38(42)44-36(32-39)33-43-37(41)30-25-20-16-12-8-7-10-14-18-23-27-34(3)5-2/h15,19,24,29,34,36,39H,4-14,16-18,20-23,25-28,30-33H2,1-3H3/b19-15-,29-24+/t34?,36-/m0/s1. The fraction of sp³-hybridized carbons (Fsp3) is 0.816. The molecule has 0 aromatic carbocycles. The van der Waals surface area contributed by atoms with E-state index in [9.17, 15) is 19.5 Å². The SMILES string of the molecule is CCCCCC(=O)/C=C/C=C\CCCCCCCC(=O)O[C@@H](CO)COC(=O)CCCCCCCCCCCCC(C)CC. The largest absolute Gasteiger partial charge is 0.462 e. The summed E-state index contributed by atoms with van der Waals surface area (Å²) in [7, 11) is 0. The third kappa shape index (κ3) is 30.1. The fourth-order valence-electron chi connectivity index (χ4n) is 5.04. The highest BCUT2D eigenvalue weighted by molar-refractivity contribution is 5.89. The number of hydrogen-bond acceptors (Lipinski definition) is 6. The van der Waals surface area contributed by atoms with Crippen molar-refractivity contribution in [3.8, 4) is 0 Å². The molecule has 0 bridgehead atoms. The van der Waals surface area contributed by atoms with Gasteiger partial charge in [-0.05, 0) is 44.1 Å². The van der Waals surface area contributed by atoms with Gasteiger partial charge in [0.25, 0.3) is 0 Å². The van der Waals surface area contributed by atoms with Crippen LogP contribution in [0.15, 0.2) is 24.3 Å². The van der Waals surface area contributed by atoms with E-state index in [4.69, 9.17) is 9.47 Å². The molecule has 0 amide bonds. The van der Waals surface area contributed by atoms with Crippen LogP contribution in [-0.2, 0) is 23.9 Å². The van der Waals surface area contributed by atoms with Crippen molar-refractivity contribution in [2.75, 3.05) is 13.2 Å². The van der Waals surface area contributed by atoms with E-state index in [-0.39, 0.29) is 30.9 Å². The lowest BCUT2D eigenvalue weighted by Crippen LogP contribution is -2.28. The van der Waals surface area contributed by atoms with Crippen LogP contribution in [0.25, 0.3) is 0 Å². The second-order valence-electron chi connectivity index (χ2n) is 12.6. The Morgan fingerprint density at radius 1 is 0.659 bits per heavy atom. The van der Waals surface area contributed by atoms with Gasteiger partial charge in [-0.25, -0.2) is 0 Å². The van der Waals surface area contributed by atoms with E-state index in [1.165, 1.54) is 57.8 Å². The normalized spacial score (nSPS) is 13.0. The third-order valence-corrected chi connectivity index (χ3v) is 8.26. The minimum absolute atomic E-state index is 0.0891. The highest BCUT2D eigenvalue weighted by atomic mass is 16.6. The quantitative estimate of drug-likeness (QED) is 0.0348. The number of ketones is 1. The van der Waals surface area contributed by atoms with E-state index in [1.807, 2.05) is 12.2 Å². The zero-order chi connectivity index (χ0) is 32.5. The second kappa shape index (κ2) is 32.4. The average Bonchev–Trinajstić information content (AvgIpc) is 3.02. The highest BCUT2D eigenvalue weighted by Crippen LogP contribution is 2.16. The number of esters is 2. The lowest BCUT2D eigenvalue weighted by atomic mass is 9.99. The summed E-state index contributed by atoms with van der Waals surface area (Å²) in [5.74, 6) is 0.419. The number of ether oxygens (including phenoxy) is 2. The molecule has 0 saturated heterocycles. The molecule has 44 heavy (non-hydrogen) atoms. The molecule has 6 nitrogen and oxygen atoms in total. The maximum absolute atomic E-state index is 12.1. The molecule has 0 heterocycles. The lowest BCUT2D eigenvalue weighted by Gasteiger charge is -2.15. The Balaban J connectivity index is 3.65. The predicted molar refractivity (Wildman–Crippen MR) is 183 cm³/mol. The number of carbonyl (C=O) groups is 3. The van der Waals surface area contributed by atoms with Crippen molar-refractivity contribution in [2.45, 2.75) is 181 Å². The molecule has 0 spiro atoms. The number of allylic oxidation sites excluding steroid dienone is 4. The van der Waals surface area contributed by atoms with Crippen LogP contribution in [0.2, 0.25) is 0 Å². The molecule has 0 aliphatic carbocycles. The van der Waals surface area contributed by atoms with Gasteiger partial charge in [0.15, 0.2) is 11.9 Å². The summed E-state index contributed by atoms with van der Waals surface area (Å²) in [6.45, 7) is 6.31. The van der Waals surface area contributed by atoms with Gasteiger partial charge in [-0.1, -0.05) is 142 Å². The van der Waals surface area contributed by atoms with Gasteiger partial charge in [-0.15, -0.1) is 0 Å². The first-order valence-corrected chi connectivity index (χ1v) is 18.2. The van der Waals surface area contributed by atoms with Gasteiger partial charge >= 0.3 is 11.9 Å². The minimum Gasteiger partial charge on any atom is -0.462 e. The predicted octanol–water partition coefficient (Wildman–Crippen LogP) is 10.2. The second-order valence-corrected chi connectivity index (χ2v) is 12.6. The van der Waals surface area contributed by atoms with Crippen LogP contribution < -0.4 is 0 Å². The number of carbonyl (C=O) groups excluding carboxylic acids is 3. The molecule has 0 rings (SSSR count). The number of unbranched alkanes of at least 4 members (excludes halogenated alkanes) is 16. The Kier molecular flexibility index (Phi) is 31.0. The van der Waals surface area contributed by atoms with Crippen LogP contribution in [0.1, 0.15) is 175 Å². The van der Waals surface area contributed by atoms with E-state index < -0.39 is 6.10 Å². The van der Waals surface area contributed by atoms with Crippen LogP contribution in [0.4, 0.5) is 0 Å². The molecule has 256 valence electrons. The Labute approximate surface area is 270 Å². The van der Waals surface area contributed by atoms with Crippen LogP contribution in [0.5, 0.6) is 0 Å². The zero-order valence-electron chi connectivity index (χ0n) is 28.8. The first-order valence-electron chi connectivity index (χ1n) is 18.2. The van der Waals surface area contributed by atoms with Crippen molar-refractivity contribution >= 4 is 17.7 Å². The molecule has 0 aromatic rings. The van der Waals surface area contributed by atoms with Gasteiger partial charge in [0.05, 0.1) is 6.61 Å². The summed E-state index contributed by atoms with van der Waals surface area (Å²) in [4.78, 5) is 35.8. The van der Waals surface area contributed by atoms with Crippen molar-refractivity contribution < 1.29 is 29.0 Å². The summed E-state index contributed by atoms with van der Waals surface area (Å²) in [5.41, 5.74) is 0. The number of aliphatic hydroxyl groups excluding tert-OH is 1. The van der Waals surface area contributed by atoms with Gasteiger partial charge < -0.3 is 14.6 Å². The summed E-state index contributed by atoms with van der Waals surface area (Å²) < 4.78 is 10.5. The van der Waals surface area contributed by atoms with Crippen LogP contribution in [0.3, 0.4) is 0 Å². The molecule has 0 aliphatic rings. The Morgan fingerprint density at radius 2 is 1.20 bits per heavy atom. The molecule has 0 radical (unpaired) electrons. The molecule has 0 aromatic heterocycles. The molecule has 6 heteroatoms. The summed E-state index contributed by atoms with van der Waals surface area (Å²) in [6.07, 6.45) is 32.0. The van der Waals surface area contributed by atoms with Crippen molar-refractivity contribution in [3.63, 3.8) is 0 Å². The van der Waals surface area contributed by atoms with Crippen molar-refractivity contribution in [2.24, 2.45) is 5.92 Å². The molecular weight excluding hydrogens is 552 g/mol. The average molecular weight is 621 g/mol. The highest BCUT2D eigenvalue weighted by Gasteiger charge is 2.16. The summed E-state index contributed by atoms with van der Waals surface area (Å²) >= 11 is 0. The molecule has 2 atom stereocenters. The Hall–Kier alpha value is -1.95. The maximum atomic E-state index is 12.1. The van der Waals surface area contributed by atoms with Gasteiger partial charge in [0.1, 0.15) is 6.61 Å². The monoisotopic (exact) mass is 621 g/mol. The lowest BCUT2D eigenvalue weighted by molar-refractivity contribution is -0.161. The zero-order valence-corrected chi connectivity index (χ0v) is 28.8. The van der Waals surface area contributed by atoms with Crippen molar-refractivity contribution in [3.05, 3.63) is 24.3 Å². The van der Waals surface area contributed by atoms with E-state index in [0.717, 1.165) is 83.0 Å². The fourth-order valence-corrected chi connectivity index (χ4v) is 5.04. The Morgan fingerprint density at radius 3 is 1.80 bits per heavy atom. The van der Waals surface area contributed by atoms with Crippen molar-refractivity contribution in [1.29, 1.82) is 0 Å². The van der Waals surface area contributed by atoms with Gasteiger partial charge in [0.2, 0.25) is 0 Å². The van der Waals surface area contributed by atoms with Crippen LogP contribution >= 0.6 is 0 Å². The first kappa shape index (κ1) is 42.0. The number of hydrogen-bond donors (Lipinski definition) is 1. The van der Waals surface area contributed by atoms with Crippen LogP contribution in [0, 0.1) is 5.92 Å². The molecule has 1 N–H and O–H groups in total. The van der Waals surface area contributed by atoms with Crippen molar-refractivity contribution in [1.82, 2.24) is 0 Å². The minimum atomic E-state index is -0.797. The molecule has 0 saturated carbocycles. The first-order chi connectivity index (χ1) is 21.4. The summed E-state index contributed by atoms with van der Waals surface area (Å²) in [5, 5.41) is 9.52. The third-order valence-electron chi connectivity index (χ3n) is 8.26. The number of rotatable bonds is 32. The molecule has 0 fully saturated rings. The van der Waals surface area contributed by atoms with E-state index >= 15 is 0 Å².